The van der Waals surface area contributed by atoms with E-state index in [0.29, 0.717) is 0 Å². The summed E-state index contributed by atoms with van der Waals surface area (Å²) in [4.78, 5) is 27.8. The number of aliphatic hydroxyl groups is 4. The molecule has 0 aliphatic carbocycles. The van der Waals surface area contributed by atoms with Gasteiger partial charge in [-0.25, -0.2) is 9.59 Å². The summed E-state index contributed by atoms with van der Waals surface area (Å²) in [5, 5.41) is 40.3. The van der Waals surface area contributed by atoms with E-state index in [1.165, 1.54) is 52.5 Å². The predicted molar refractivity (Wildman–Crippen MR) is 95.9 cm³/mol. The Bertz CT molecular complexity index is 724. The first-order valence-electron chi connectivity index (χ1n) is 8.11. The summed E-state index contributed by atoms with van der Waals surface area (Å²) in [6.45, 7) is 0. The molecule has 10 heteroatoms. The third-order valence-electron chi connectivity index (χ3n) is 4.53. The van der Waals surface area contributed by atoms with Crippen LogP contribution < -0.4 is 0 Å². The Balaban J connectivity index is 2.16. The SMILES string of the molecule is CN1C(=O)N(C)C(O)C(/C=C/C=C/C=C2C(O)N(C)C(=O)N(C)C2O)=C1O. The molecule has 10 nitrogen and oxygen atoms in total. The van der Waals surface area contributed by atoms with E-state index in [0.717, 1.165) is 19.6 Å². The van der Waals surface area contributed by atoms with E-state index in [-0.39, 0.29) is 17.0 Å². The molecule has 148 valence electrons. The van der Waals surface area contributed by atoms with E-state index in [1.807, 2.05) is 0 Å². The van der Waals surface area contributed by atoms with Crippen LogP contribution in [0, 0.1) is 0 Å². The Morgan fingerprint density at radius 3 is 1.85 bits per heavy atom. The maximum absolute atomic E-state index is 11.8. The highest BCUT2D eigenvalue weighted by atomic mass is 16.3. The van der Waals surface area contributed by atoms with Gasteiger partial charge in [-0.2, -0.15) is 0 Å². The fourth-order valence-corrected chi connectivity index (χ4v) is 2.71. The summed E-state index contributed by atoms with van der Waals surface area (Å²) in [6.07, 6.45) is 3.70. The molecule has 3 unspecified atom stereocenters. The Morgan fingerprint density at radius 1 is 0.778 bits per heavy atom. The van der Waals surface area contributed by atoms with Crippen molar-refractivity contribution in [1.82, 2.24) is 19.6 Å². The number of hydrogen-bond donors (Lipinski definition) is 4. The Kier molecular flexibility index (Phi) is 5.94. The minimum Gasteiger partial charge on any atom is -0.494 e. The van der Waals surface area contributed by atoms with Crippen LogP contribution in [0.1, 0.15) is 0 Å². The zero-order valence-corrected chi connectivity index (χ0v) is 15.5. The molecular weight excluding hydrogens is 356 g/mol. The first-order valence-corrected chi connectivity index (χ1v) is 8.11. The number of carbonyl (C=O) groups excluding carboxylic acids is 2. The summed E-state index contributed by atoms with van der Waals surface area (Å²) in [6, 6.07) is -1.05. The maximum atomic E-state index is 11.8. The van der Waals surface area contributed by atoms with Crippen LogP contribution in [0.15, 0.2) is 47.4 Å². The number of urea groups is 2. The van der Waals surface area contributed by atoms with Gasteiger partial charge in [-0.05, 0) is 6.08 Å². The number of hydrogen-bond acceptors (Lipinski definition) is 6. The van der Waals surface area contributed by atoms with Gasteiger partial charge < -0.3 is 20.4 Å². The lowest BCUT2D eigenvalue weighted by Gasteiger charge is -2.40. The molecule has 4 amide bonds. The number of nitrogens with zero attached hydrogens (tertiary/aromatic N) is 4. The van der Waals surface area contributed by atoms with Crippen LogP contribution in [0.25, 0.3) is 0 Å². The summed E-state index contributed by atoms with van der Waals surface area (Å²) in [5.41, 5.74) is 0.355. The molecule has 27 heavy (non-hydrogen) atoms. The van der Waals surface area contributed by atoms with Crippen LogP contribution in [0.5, 0.6) is 0 Å². The van der Waals surface area contributed by atoms with E-state index in [2.05, 4.69) is 0 Å². The van der Waals surface area contributed by atoms with Gasteiger partial charge in [-0.3, -0.25) is 19.6 Å². The first-order chi connectivity index (χ1) is 12.6. The lowest BCUT2D eigenvalue weighted by Crippen LogP contribution is -2.57. The molecule has 2 rings (SSSR count). The molecule has 4 N–H and O–H groups in total. The number of amides is 4. The average molecular weight is 380 g/mol. The first kappa shape index (κ1) is 20.5. The van der Waals surface area contributed by atoms with Crippen molar-refractivity contribution in [2.45, 2.75) is 18.7 Å². The molecule has 3 atom stereocenters. The van der Waals surface area contributed by atoms with Crippen LogP contribution >= 0.6 is 0 Å². The average Bonchev–Trinajstić information content (AvgIpc) is 2.66. The predicted octanol–water partition coefficient (Wildman–Crippen LogP) is -0.256. The molecule has 0 radical (unpaired) electrons. The summed E-state index contributed by atoms with van der Waals surface area (Å²) < 4.78 is 0. The zero-order chi connectivity index (χ0) is 20.5. The molecule has 0 saturated carbocycles. The third kappa shape index (κ3) is 3.68. The van der Waals surface area contributed by atoms with Crippen molar-refractivity contribution in [2.24, 2.45) is 0 Å². The van der Waals surface area contributed by atoms with Crippen LogP contribution in [0.4, 0.5) is 9.59 Å². The second-order valence-electron chi connectivity index (χ2n) is 6.27. The molecule has 0 aromatic heterocycles. The lowest BCUT2D eigenvalue weighted by molar-refractivity contribution is -0.0311. The van der Waals surface area contributed by atoms with E-state index < -0.39 is 30.7 Å². The quantitative estimate of drug-likeness (QED) is 0.500. The number of aliphatic hydroxyl groups excluding tert-OH is 4. The molecule has 2 aliphatic rings. The van der Waals surface area contributed by atoms with Gasteiger partial charge in [0.25, 0.3) is 0 Å². The van der Waals surface area contributed by atoms with Crippen LogP contribution in [-0.2, 0) is 0 Å². The van der Waals surface area contributed by atoms with Gasteiger partial charge in [0.05, 0.1) is 5.57 Å². The highest BCUT2D eigenvalue weighted by molar-refractivity contribution is 5.78. The molecule has 1 saturated heterocycles. The van der Waals surface area contributed by atoms with Crippen molar-refractivity contribution >= 4 is 12.1 Å². The van der Waals surface area contributed by atoms with Gasteiger partial charge in [0, 0.05) is 33.8 Å². The highest BCUT2D eigenvalue weighted by Gasteiger charge is 2.37. The number of likely N-dealkylation sites (N-methyl/N-ethyl adjacent to an activating group) is 3. The monoisotopic (exact) mass is 380 g/mol. The summed E-state index contributed by atoms with van der Waals surface area (Å²) in [5.74, 6) is -0.353. The van der Waals surface area contributed by atoms with Gasteiger partial charge in [0.15, 0.2) is 18.7 Å². The number of rotatable bonds is 3. The standard InChI is InChI=1S/C17H24N4O6/c1-18-12(22)10(13(23)19(2)16(18)26)8-6-5-7-9-11-14(24)20(3)17(27)21(4)15(11)25/h5-9,12-14,22-25H,1-4H3/b6-5+,9-7+,10-8?. The van der Waals surface area contributed by atoms with E-state index in [9.17, 15) is 30.0 Å². The Morgan fingerprint density at radius 2 is 1.30 bits per heavy atom. The molecule has 0 aromatic rings. The fourth-order valence-electron chi connectivity index (χ4n) is 2.71. The van der Waals surface area contributed by atoms with E-state index in [4.69, 9.17) is 0 Å². The van der Waals surface area contributed by atoms with Crippen molar-refractivity contribution in [2.75, 3.05) is 28.2 Å². The van der Waals surface area contributed by atoms with Crippen molar-refractivity contribution in [3.05, 3.63) is 47.4 Å². The van der Waals surface area contributed by atoms with Crippen molar-refractivity contribution < 1.29 is 30.0 Å². The van der Waals surface area contributed by atoms with Crippen molar-refractivity contribution in [3.63, 3.8) is 0 Å². The molecule has 0 bridgehead atoms. The number of allylic oxidation sites excluding steroid dienone is 4. The minimum atomic E-state index is -1.29. The number of carbonyl (C=O) groups is 2. The Hall–Kier alpha value is -2.82. The van der Waals surface area contributed by atoms with Crippen LogP contribution in [-0.4, -0.2) is 99.0 Å². The summed E-state index contributed by atoms with van der Waals surface area (Å²) >= 11 is 0. The van der Waals surface area contributed by atoms with Gasteiger partial charge in [-0.1, -0.05) is 24.3 Å². The second kappa shape index (κ2) is 7.82. The van der Waals surface area contributed by atoms with Gasteiger partial charge in [0.2, 0.25) is 5.88 Å². The van der Waals surface area contributed by atoms with Crippen LogP contribution in [0.2, 0.25) is 0 Å². The van der Waals surface area contributed by atoms with Gasteiger partial charge in [-0.15, -0.1) is 0 Å². The molecule has 1 fully saturated rings. The third-order valence-corrected chi connectivity index (χ3v) is 4.53. The molecule has 2 heterocycles. The maximum Gasteiger partial charge on any atom is 0.328 e. The topological polar surface area (TPSA) is 128 Å². The van der Waals surface area contributed by atoms with Crippen molar-refractivity contribution in [3.8, 4) is 0 Å². The van der Waals surface area contributed by atoms with Gasteiger partial charge in [0.1, 0.15) is 0 Å². The lowest BCUT2D eigenvalue weighted by atomic mass is 10.1. The zero-order valence-electron chi connectivity index (χ0n) is 15.5. The fraction of sp³-hybridized carbons (Fsp3) is 0.412. The van der Waals surface area contributed by atoms with E-state index >= 15 is 0 Å². The molecule has 2 aliphatic heterocycles. The largest absolute Gasteiger partial charge is 0.494 e. The molecular formula is C17H24N4O6. The summed E-state index contributed by atoms with van der Waals surface area (Å²) in [7, 11) is 5.63. The van der Waals surface area contributed by atoms with Gasteiger partial charge >= 0.3 is 12.1 Å². The normalized spacial score (nSPS) is 27.7. The minimum absolute atomic E-state index is 0.139. The Labute approximate surface area is 156 Å². The highest BCUT2D eigenvalue weighted by Crippen LogP contribution is 2.23. The van der Waals surface area contributed by atoms with E-state index in [1.54, 1.807) is 6.08 Å². The van der Waals surface area contributed by atoms with Crippen LogP contribution in [0.3, 0.4) is 0 Å². The smallest absolute Gasteiger partial charge is 0.328 e. The molecule has 0 aromatic carbocycles. The van der Waals surface area contributed by atoms with Crippen molar-refractivity contribution in [1.29, 1.82) is 0 Å². The second-order valence-corrected chi connectivity index (χ2v) is 6.27. The molecule has 0 spiro atoms.